The van der Waals surface area contributed by atoms with Gasteiger partial charge in [-0.25, -0.2) is 14.8 Å². The van der Waals surface area contributed by atoms with Crippen LogP contribution >= 0.6 is 11.6 Å². The Morgan fingerprint density at radius 2 is 2.03 bits per heavy atom. The maximum Gasteiger partial charge on any atom is 0.343 e. The third-order valence-electron chi connectivity index (χ3n) is 5.25. The molecule has 1 aromatic carbocycles. The third-order valence-corrected chi connectivity index (χ3v) is 5.53. The number of likely N-dealkylation sites (tertiary alicyclic amines) is 1. The molecule has 0 saturated carbocycles. The Hall–Kier alpha value is -2.84. The van der Waals surface area contributed by atoms with Crippen molar-refractivity contribution in [1.82, 2.24) is 19.9 Å². The summed E-state index contributed by atoms with van der Waals surface area (Å²) < 4.78 is 9.96. The molecule has 1 fully saturated rings. The van der Waals surface area contributed by atoms with Crippen molar-refractivity contribution < 1.29 is 14.3 Å². The summed E-state index contributed by atoms with van der Waals surface area (Å²) in [4.78, 5) is 25.9. The van der Waals surface area contributed by atoms with Crippen molar-refractivity contribution in [1.29, 1.82) is 0 Å². The van der Waals surface area contributed by atoms with Crippen LogP contribution in [0.2, 0.25) is 5.02 Å². The van der Waals surface area contributed by atoms with Gasteiger partial charge in [0.15, 0.2) is 12.3 Å². The number of nitrogens with one attached hydrogen (secondary N) is 2. The number of fused-ring (bicyclic) bond motifs is 1. The SMILES string of the molecule is COC(=O)COc1ccc(-c2nc3c(NC4CCN(C)CC4)c(Cl)cnc3[nH]2)cc1. The number of aromatic nitrogens is 3. The predicted molar refractivity (Wildman–Crippen MR) is 116 cm³/mol. The highest BCUT2D eigenvalue weighted by Crippen LogP contribution is 2.32. The van der Waals surface area contributed by atoms with E-state index in [0.29, 0.717) is 28.3 Å². The van der Waals surface area contributed by atoms with E-state index in [9.17, 15) is 4.79 Å². The molecular formula is C21H24ClN5O3. The highest BCUT2D eigenvalue weighted by Gasteiger charge is 2.20. The lowest BCUT2D eigenvalue weighted by Gasteiger charge is -2.30. The first-order chi connectivity index (χ1) is 14.5. The lowest BCUT2D eigenvalue weighted by atomic mass is 10.1. The number of carbonyl (C=O) groups excluding carboxylic acids is 1. The minimum absolute atomic E-state index is 0.130. The molecule has 3 aromatic rings. The molecule has 2 aromatic heterocycles. The molecule has 0 aliphatic carbocycles. The number of carbonyl (C=O) groups is 1. The second kappa shape index (κ2) is 8.89. The number of piperidine rings is 1. The van der Waals surface area contributed by atoms with Gasteiger partial charge in [0.1, 0.15) is 17.1 Å². The van der Waals surface area contributed by atoms with E-state index in [4.69, 9.17) is 21.3 Å². The van der Waals surface area contributed by atoms with Crippen LogP contribution in [0.5, 0.6) is 5.75 Å². The number of H-pyrrole nitrogens is 1. The van der Waals surface area contributed by atoms with Crippen LogP contribution in [0.15, 0.2) is 30.5 Å². The summed E-state index contributed by atoms with van der Waals surface area (Å²) in [5, 5.41) is 4.14. The summed E-state index contributed by atoms with van der Waals surface area (Å²) in [5.74, 6) is 0.834. The number of aromatic amines is 1. The van der Waals surface area contributed by atoms with E-state index in [1.165, 1.54) is 7.11 Å². The maximum atomic E-state index is 11.2. The van der Waals surface area contributed by atoms with Crippen molar-refractivity contribution in [3.05, 3.63) is 35.5 Å². The molecule has 9 heteroatoms. The molecule has 0 amide bonds. The quantitative estimate of drug-likeness (QED) is 0.580. The molecule has 1 saturated heterocycles. The van der Waals surface area contributed by atoms with Gasteiger partial charge in [-0.3, -0.25) is 0 Å². The fourth-order valence-electron chi connectivity index (χ4n) is 3.47. The summed E-state index contributed by atoms with van der Waals surface area (Å²) in [5.41, 5.74) is 3.09. The van der Waals surface area contributed by atoms with Crippen molar-refractivity contribution in [2.24, 2.45) is 0 Å². The zero-order valence-electron chi connectivity index (χ0n) is 16.9. The second-order valence-electron chi connectivity index (χ2n) is 7.37. The van der Waals surface area contributed by atoms with E-state index < -0.39 is 5.97 Å². The minimum atomic E-state index is -0.427. The molecule has 0 atom stereocenters. The summed E-state index contributed by atoms with van der Waals surface area (Å²) in [6.45, 7) is 1.98. The van der Waals surface area contributed by atoms with Crippen molar-refractivity contribution in [3.63, 3.8) is 0 Å². The molecule has 3 heterocycles. The zero-order chi connectivity index (χ0) is 21.1. The number of esters is 1. The number of nitrogens with zero attached hydrogens (tertiary/aromatic N) is 3. The van der Waals surface area contributed by atoms with Crippen LogP contribution in [0, 0.1) is 0 Å². The fraction of sp³-hybridized carbons (Fsp3) is 0.381. The lowest BCUT2D eigenvalue weighted by molar-refractivity contribution is -0.142. The Morgan fingerprint density at radius 1 is 1.30 bits per heavy atom. The summed E-state index contributed by atoms with van der Waals surface area (Å²) in [6, 6.07) is 7.66. The fourth-order valence-corrected chi connectivity index (χ4v) is 3.66. The van der Waals surface area contributed by atoms with E-state index >= 15 is 0 Å². The number of benzene rings is 1. The second-order valence-corrected chi connectivity index (χ2v) is 7.78. The number of imidazole rings is 1. The van der Waals surface area contributed by atoms with Gasteiger partial charge in [-0.2, -0.15) is 0 Å². The molecule has 30 heavy (non-hydrogen) atoms. The van der Waals surface area contributed by atoms with E-state index in [2.05, 4.69) is 32.0 Å². The van der Waals surface area contributed by atoms with Gasteiger partial charge >= 0.3 is 5.97 Å². The third kappa shape index (κ3) is 4.49. The van der Waals surface area contributed by atoms with Crippen molar-refractivity contribution in [3.8, 4) is 17.1 Å². The molecule has 158 valence electrons. The molecule has 0 bridgehead atoms. The Kier molecular flexibility index (Phi) is 6.06. The van der Waals surface area contributed by atoms with Crippen LogP contribution < -0.4 is 10.1 Å². The predicted octanol–water partition coefficient (Wildman–Crippen LogP) is 3.34. The largest absolute Gasteiger partial charge is 0.482 e. The van der Waals surface area contributed by atoms with Crippen LogP contribution in [0.25, 0.3) is 22.6 Å². The topological polar surface area (TPSA) is 92.4 Å². The monoisotopic (exact) mass is 429 g/mol. The molecule has 4 rings (SSSR count). The highest BCUT2D eigenvalue weighted by molar-refractivity contribution is 6.34. The smallest absolute Gasteiger partial charge is 0.343 e. The Balaban J connectivity index is 1.55. The van der Waals surface area contributed by atoms with E-state index in [1.54, 1.807) is 18.3 Å². The number of methoxy groups -OCH3 is 1. The average Bonchev–Trinajstić information content (AvgIpc) is 3.20. The molecule has 2 N–H and O–H groups in total. The van der Waals surface area contributed by atoms with Gasteiger partial charge in [-0.1, -0.05) is 11.6 Å². The van der Waals surface area contributed by atoms with Crippen LogP contribution in [-0.2, 0) is 9.53 Å². The Morgan fingerprint density at radius 3 is 2.73 bits per heavy atom. The first-order valence-corrected chi connectivity index (χ1v) is 10.2. The van der Waals surface area contributed by atoms with Gasteiger partial charge in [-0.15, -0.1) is 0 Å². The number of rotatable bonds is 6. The number of hydrogen-bond donors (Lipinski definition) is 2. The van der Waals surface area contributed by atoms with Gasteiger partial charge in [0, 0.05) is 11.6 Å². The lowest BCUT2D eigenvalue weighted by Crippen LogP contribution is -2.36. The number of ether oxygens (including phenoxy) is 2. The number of anilines is 1. The first-order valence-electron chi connectivity index (χ1n) is 9.83. The molecule has 1 aliphatic heterocycles. The minimum Gasteiger partial charge on any atom is -0.482 e. The van der Waals surface area contributed by atoms with Gasteiger partial charge in [0.05, 0.1) is 24.0 Å². The average molecular weight is 430 g/mol. The maximum absolute atomic E-state index is 11.2. The van der Waals surface area contributed by atoms with Crippen LogP contribution in [-0.4, -0.2) is 65.7 Å². The van der Waals surface area contributed by atoms with E-state index in [-0.39, 0.29) is 6.61 Å². The van der Waals surface area contributed by atoms with Gasteiger partial charge in [0.25, 0.3) is 0 Å². The summed E-state index contributed by atoms with van der Waals surface area (Å²) in [7, 11) is 3.46. The molecule has 1 aliphatic rings. The van der Waals surface area contributed by atoms with Gasteiger partial charge in [0.2, 0.25) is 0 Å². The van der Waals surface area contributed by atoms with Crippen molar-refractivity contribution in [2.45, 2.75) is 18.9 Å². The summed E-state index contributed by atoms with van der Waals surface area (Å²) >= 11 is 6.46. The van der Waals surface area contributed by atoms with E-state index in [0.717, 1.165) is 42.7 Å². The number of halogens is 1. The first kappa shape index (κ1) is 20.4. The molecule has 0 unspecified atom stereocenters. The number of pyridine rings is 1. The van der Waals surface area contributed by atoms with E-state index in [1.807, 2.05) is 12.1 Å². The Labute approximate surface area is 179 Å². The Bertz CT molecular complexity index is 1030. The number of hydrogen-bond acceptors (Lipinski definition) is 7. The molecule has 0 radical (unpaired) electrons. The standard InChI is InChI=1S/C21H24ClN5O3/c1-27-9-7-14(8-10-27)24-18-16(22)11-23-21-19(18)25-20(26-21)13-3-5-15(6-4-13)30-12-17(28)29-2/h3-6,11,14H,7-10,12H2,1-2H3,(H2,23,24,25,26). The van der Waals surface area contributed by atoms with Crippen molar-refractivity contribution >= 4 is 34.4 Å². The highest BCUT2D eigenvalue weighted by atomic mass is 35.5. The van der Waals surface area contributed by atoms with Gasteiger partial charge < -0.3 is 24.7 Å². The zero-order valence-corrected chi connectivity index (χ0v) is 17.7. The van der Waals surface area contributed by atoms with Crippen LogP contribution in [0.4, 0.5) is 5.69 Å². The molecular weight excluding hydrogens is 406 g/mol. The van der Waals surface area contributed by atoms with Crippen LogP contribution in [0.1, 0.15) is 12.8 Å². The normalized spacial score (nSPS) is 15.3. The van der Waals surface area contributed by atoms with Gasteiger partial charge in [-0.05, 0) is 57.2 Å². The van der Waals surface area contributed by atoms with Crippen LogP contribution in [0.3, 0.4) is 0 Å². The molecule has 0 spiro atoms. The summed E-state index contributed by atoms with van der Waals surface area (Å²) in [6.07, 6.45) is 3.76. The van der Waals surface area contributed by atoms with Crippen molar-refractivity contribution in [2.75, 3.05) is 39.2 Å². The molecule has 8 nitrogen and oxygen atoms in total.